The van der Waals surface area contributed by atoms with E-state index in [0.29, 0.717) is 94.7 Å². The number of aliphatic hydroxyl groups excluding tert-OH is 1. The Hall–Kier alpha value is -8.10. The molecule has 0 radical (unpaired) electrons. The van der Waals surface area contributed by atoms with E-state index in [1.54, 1.807) is 69.8 Å². The molecule has 512 valence electrons. The summed E-state index contributed by atoms with van der Waals surface area (Å²) in [5, 5.41) is 35.1. The second kappa shape index (κ2) is 44.5. The molecule has 0 saturated carbocycles. The molecule has 0 aliphatic carbocycles. The van der Waals surface area contributed by atoms with E-state index < -0.39 is 18.7 Å². The van der Waals surface area contributed by atoms with E-state index in [0.717, 1.165) is 73.8 Å². The molecule has 28 heteroatoms. The number of esters is 3. The SMILES string of the molecule is C#CSCCCCCC(=O)OCc1cn(Cc2cccnc2)nn1.O=C(CCCCCS(=O)(=O)Cl)OCc1cn(Cc2cccnc2)nn1.O=C(CCCCCS(=O)(O)(O)CCCCc1ccccc1)OCc1cn(Cc2cccnc2)nn1.OCCCCc1ccccc1. The third-order valence-corrected chi connectivity index (χ3v) is 18.0. The Bertz CT molecular complexity index is 3640. The van der Waals surface area contributed by atoms with Crippen LogP contribution >= 0.6 is 22.4 Å². The maximum Gasteiger partial charge on any atom is 0.306 e. The number of unbranched alkanes of at least 4 members (excludes halogenated alkanes) is 8. The van der Waals surface area contributed by atoms with Crippen LogP contribution < -0.4 is 0 Å². The van der Waals surface area contributed by atoms with Gasteiger partial charge in [-0.3, -0.25) is 29.3 Å². The highest BCUT2D eigenvalue weighted by molar-refractivity contribution is 8.13. The zero-order valence-corrected chi connectivity index (χ0v) is 56.7. The number of aliphatic hydroxyl groups is 1. The number of halogens is 1. The number of ether oxygens (including phenoxy) is 3. The smallest absolute Gasteiger partial charge is 0.306 e. The third kappa shape index (κ3) is 37.5. The molecule has 0 amide bonds. The summed E-state index contributed by atoms with van der Waals surface area (Å²) in [4.78, 5) is 47.5. The highest BCUT2D eigenvalue weighted by Gasteiger charge is 2.28. The number of aromatic nitrogens is 12. The number of aryl methyl sites for hydroxylation is 2. The first kappa shape index (κ1) is 77.6. The number of pyridine rings is 3. The lowest BCUT2D eigenvalue weighted by Crippen LogP contribution is -2.38. The summed E-state index contributed by atoms with van der Waals surface area (Å²) in [5.41, 5.74) is 7.31. The van der Waals surface area contributed by atoms with Gasteiger partial charge >= 0.3 is 17.9 Å². The summed E-state index contributed by atoms with van der Waals surface area (Å²) >= 11 is 1.47. The first-order chi connectivity index (χ1) is 45.9. The largest absolute Gasteiger partial charge is 0.459 e. The van der Waals surface area contributed by atoms with Gasteiger partial charge in [0.25, 0.3) is 0 Å². The van der Waals surface area contributed by atoms with E-state index in [-0.39, 0.29) is 67.8 Å². The van der Waals surface area contributed by atoms with Crippen molar-refractivity contribution < 1.29 is 55.4 Å². The fraction of sp³-hybridized carbons (Fsp3) is 0.433. The van der Waals surface area contributed by atoms with E-state index in [1.165, 1.54) is 22.9 Å². The van der Waals surface area contributed by atoms with E-state index in [9.17, 15) is 36.1 Å². The maximum atomic E-state index is 12.5. The fourth-order valence-electron chi connectivity index (χ4n) is 8.95. The molecule has 0 unspecified atom stereocenters. The molecular formula is C67H87ClN12O12S3. The Kier molecular flexibility index (Phi) is 36.4. The number of carbonyl (C=O) groups excluding carboxylic acids is 3. The predicted octanol–water partition coefficient (Wildman–Crippen LogP) is 10.7. The molecule has 6 aromatic heterocycles. The molecule has 8 rings (SSSR count). The Morgan fingerprint density at radius 2 is 0.874 bits per heavy atom. The number of hydrogen-bond acceptors (Lipinski definition) is 20. The van der Waals surface area contributed by atoms with Gasteiger partial charge in [0.15, 0.2) is 0 Å². The van der Waals surface area contributed by atoms with Gasteiger partial charge in [-0.05, 0) is 128 Å². The number of hydrogen-bond donors (Lipinski definition) is 3. The fourth-order valence-corrected chi connectivity index (χ4v) is 12.1. The van der Waals surface area contributed by atoms with Gasteiger partial charge in [-0.15, -0.1) is 21.7 Å². The Labute approximate surface area is 565 Å². The second-order valence-electron chi connectivity index (χ2n) is 22.1. The molecule has 8 aromatic rings. The molecule has 0 aliphatic heterocycles. The Balaban J connectivity index is 0.000000243. The lowest BCUT2D eigenvalue weighted by molar-refractivity contribution is -0.146. The molecule has 2 aromatic carbocycles. The Morgan fingerprint density at radius 1 is 0.505 bits per heavy atom. The van der Waals surface area contributed by atoms with Crippen LogP contribution in [-0.2, 0) is 99.6 Å². The monoisotopic (exact) mass is 1380 g/mol. The second-order valence-corrected chi connectivity index (χ2v) is 29.2. The van der Waals surface area contributed by atoms with Crippen molar-refractivity contribution in [2.24, 2.45) is 0 Å². The van der Waals surface area contributed by atoms with Crippen LogP contribution in [0.1, 0.15) is 148 Å². The molecular weight excluding hydrogens is 1300 g/mol. The van der Waals surface area contributed by atoms with Crippen LogP contribution in [0.4, 0.5) is 0 Å². The zero-order chi connectivity index (χ0) is 68.1. The minimum atomic E-state index is -4.60. The highest BCUT2D eigenvalue weighted by Crippen LogP contribution is 2.22. The minimum Gasteiger partial charge on any atom is -0.459 e. The lowest BCUT2D eigenvalue weighted by atomic mass is 10.1. The van der Waals surface area contributed by atoms with Crippen molar-refractivity contribution in [1.29, 1.82) is 0 Å². The van der Waals surface area contributed by atoms with Gasteiger partial charge in [0.2, 0.25) is 9.05 Å². The van der Waals surface area contributed by atoms with Crippen LogP contribution in [0.5, 0.6) is 0 Å². The van der Waals surface area contributed by atoms with Crippen LogP contribution in [0.3, 0.4) is 0 Å². The molecule has 24 nitrogen and oxygen atoms in total. The lowest BCUT2D eigenvalue weighted by Gasteiger charge is -2.30. The molecule has 6 heterocycles. The van der Waals surface area contributed by atoms with Crippen LogP contribution in [0.2, 0.25) is 0 Å². The molecule has 0 saturated heterocycles. The first-order valence-corrected chi connectivity index (χ1v) is 37.2. The van der Waals surface area contributed by atoms with Crippen LogP contribution in [-0.4, -0.2) is 134 Å². The van der Waals surface area contributed by atoms with E-state index >= 15 is 0 Å². The molecule has 0 fully saturated rings. The number of rotatable bonds is 39. The van der Waals surface area contributed by atoms with Crippen molar-refractivity contribution in [2.45, 2.75) is 155 Å². The predicted molar refractivity (Wildman–Crippen MR) is 365 cm³/mol. The van der Waals surface area contributed by atoms with Gasteiger partial charge in [-0.25, -0.2) is 26.7 Å². The molecule has 0 atom stereocenters. The van der Waals surface area contributed by atoms with Gasteiger partial charge in [0, 0.05) is 91.0 Å². The van der Waals surface area contributed by atoms with Crippen LogP contribution in [0.15, 0.2) is 153 Å². The van der Waals surface area contributed by atoms with Crippen molar-refractivity contribution in [3.63, 3.8) is 0 Å². The molecule has 3 N–H and O–H groups in total. The standard InChI is InChI=1S/C25H34N4O5S.C17H20N4O2S.C15H19ClN4O4S.C10H14O/c30-25(34-21-24-20-29(28-27-24)19-23-13-9-15-26-18-23)14-5-2-7-16-35(31,32,33)17-8-6-12-22-10-3-1-4-11-22;1-2-24-10-5-3-4-8-17(22)23-14-16-13-21(20-19-16)12-15-7-6-9-18-11-15;16-25(22,23)8-3-1-2-6-15(21)24-12-14-11-20(19-18-14)10-13-5-4-7-17-9-13;11-9-5-4-8-10-6-2-1-3-7-10/h1,3-4,9-11,13,15,18,20H,2,5-8,12,14,16-17,19,21H2,(H2,31,32,33);1,6-7,9,11,13H,3-5,8,10,12,14H2;4-5,7,9,11H,1-3,6,8,10,12H2;1-3,6-7,11H,4-5,8-9H2. The summed E-state index contributed by atoms with van der Waals surface area (Å²) in [5.74, 6) is -0.351. The summed E-state index contributed by atoms with van der Waals surface area (Å²) in [6, 6.07) is 31.7. The number of benzene rings is 2. The summed E-state index contributed by atoms with van der Waals surface area (Å²) in [7, 11) is -2.95. The Morgan fingerprint density at radius 3 is 1.24 bits per heavy atom. The van der Waals surface area contributed by atoms with Crippen molar-refractivity contribution >= 4 is 59.0 Å². The van der Waals surface area contributed by atoms with Crippen molar-refractivity contribution in [3.8, 4) is 11.7 Å². The van der Waals surface area contributed by atoms with Gasteiger partial charge in [-0.1, -0.05) is 126 Å². The van der Waals surface area contributed by atoms with Crippen LogP contribution in [0.25, 0.3) is 0 Å². The molecule has 95 heavy (non-hydrogen) atoms. The van der Waals surface area contributed by atoms with Gasteiger partial charge in [0.1, 0.15) is 36.9 Å². The van der Waals surface area contributed by atoms with Crippen molar-refractivity contribution in [2.75, 3.05) is 29.6 Å². The van der Waals surface area contributed by atoms with Crippen molar-refractivity contribution in [1.82, 2.24) is 59.9 Å². The molecule has 0 spiro atoms. The summed E-state index contributed by atoms with van der Waals surface area (Å²) in [6.07, 6.45) is 32.6. The average Bonchev–Trinajstić information content (AvgIpc) is 1.79. The topological polar surface area (TPSA) is 322 Å². The maximum absolute atomic E-state index is 12.5. The first-order valence-electron chi connectivity index (χ1n) is 31.5. The van der Waals surface area contributed by atoms with Gasteiger partial charge in [0.05, 0.1) is 53.6 Å². The van der Waals surface area contributed by atoms with E-state index in [4.69, 9.17) is 36.4 Å². The quantitative estimate of drug-likeness (QED) is 0.0106. The average molecular weight is 1380 g/mol. The zero-order valence-electron chi connectivity index (χ0n) is 53.5. The third-order valence-electron chi connectivity index (χ3n) is 13.8. The molecule has 0 aliphatic rings. The number of carbonyl (C=O) groups is 3. The van der Waals surface area contributed by atoms with Crippen LogP contribution in [0, 0.1) is 11.7 Å². The number of nitrogens with zero attached hydrogens (tertiary/aromatic N) is 12. The number of thioether (sulfide) groups is 1. The normalized spacial score (nSPS) is 11.4. The summed E-state index contributed by atoms with van der Waals surface area (Å²) < 4.78 is 75.0. The summed E-state index contributed by atoms with van der Waals surface area (Å²) in [6.45, 7) is 2.22. The van der Waals surface area contributed by atoms with Gasteiger partial charge < -0.3 is 28.4 Å². The van der Waals surface area contributed by atoms with Gasteiger partial charge in [-0.2, -0.15) is 0 Å². The van der Waals surface area contributed by atoms with Crippen molar-refractivity contribution in [3.05, 3.63) is 198 Å². The number of terminal acetylenes is 1. The molecule has 0 bridgehead atoms. The van der Waals surface area contributed by atoms with E-state index in [2.05, 4.69) is 63.3 Å². The van der Waals surface area contributed by atoms with E-state index in [1.807, 2.05) is 84.9 Å². The minimum absolute atomic E-state index is 0.0399. The highest BCUT2D eigenvalue weighted by atomic mass is 35.7.